The van der Waals surface area contributed by atoms with E-state index >= 15 is 0 Å². The number of nitrogens with one attached hydrogen (secondary N) is 1. The van der Waals surface area contributed by atoms with Gasteiger partial charge in [-0.25, -0.2) is 0 Å². The molecule has 0 amide bonds. The second kappa shape index (κ2) is 4.26. The Labute approximate surface area is 115 Å². The molecule has 0 saturated carbocycles. The number of imidazole rings is 1. The Kier molecular flexibility index (Phi) is 2.73. The quantitative estimate of drug-likeness (QED) is 0.641. The van der Waals surface area contributed by atoms with Crippen molar-refractivity contribution in [2.45, 2.75) is 6.92 Å². The van der Waals surface area contributed by atoms with Gasteiger partial charge in [-0.15, -0.1) is 0 Å². The normalized spacial score (nSPS) is 11.0. The Morgan fingerprint density at radius 3 is 2.78 bits per heavy atom. The topological polar surface area (TPSA) is 20.7 Å². The molecule has 0 unspecified atom stereocenters. The molecular weight excluding hydrogens is 264 g/mol. The molecule has 4 heteroatoms. The zero-order chi connectivity index (χ0) is 12.7. The lowest BCUT2D eigenvalue weighted by Gasteiger charge is -2.08. The molecule has 1 N–H and O–H groups in total. The first-order chi connectivity index (χ1) is 8.66. The summed E-state index contributed by atoms with van der Waals surface area (Å²) in [7, 11) is 0. The highest BCUT2D eigenvalue weighted by Crippen LogP contribution is 2.26. The number of hydrogen-bond donors (Lipinski definition) is 1. The molecule has 0 spiro atoms. The summed E-state index contributed by atoms with van der Waals surface area (Å²) in [4.78, 5) is 3.19. The number of aromatic amines is 1. The van der Waals surface area contributed by atoms with Crippen LogP contribution < -0.4 is 0 Å². The Bertz CT molecular complexity index is 786. The van der Waals surface area contributed by atoms with E-state index < -0.39 is 0 Å². The van der Waals surface area contributed by atoms with Crippen LogP contribution in [0.25, 0.3) is 16.7 Å². The van der Waals surface area contributed by atoms with Gasteiger partial charge in [0.25, 0.3) is 0 Å². The van der Waals surface area contributed by atoms with E-state index in [1.165, 1.54) is 0 Å². The molecule has 1 aromatic heterocycles. The van der Waals surface area contributed by atoms with Crippen molar-refractivity contribution in [1.82, 2.24) is 9.55 Å². The largest absolute Gasteiger partial charge is 0.330 e. The lowest BCUT2D eigenvalue weighted by Crippen LogP contribution is -1.95. The molecule has 18 heavy (non-hydrogen) atoms. The number of para-hydroxylation sites is 2. The average Bonchev–Trinajstić information content (AvgIpc) is 2.68. The maximum Gasteiger partial charge on any atom is 0.182 e. The van der Waals surface area contributed by atoms with Gasteiger partial charge in [0.1, 0.15) is 0 Å². The lowest BCUT2D eigenvalue weighted by molar-refractivity contribution is 1.06. The Hall–Kier alpha value is -1.58. The van der Waals surface area contributed by atoms with Crippen LogP contribution in [-0.4, -0.2) is 9.55 Å². The minimum absolute atomic E-state index is 0.656. The van der Waals surface area contributed by atoms with Crippen LogP contribution in [0.1, 0.15) is 5.56 Å². The minimum atomic E-state index is 0.656. The number of rotatable bonds is 1. The van der Waals surface area contributed by atoms with Gasteiger partial charge in [0.05, 0.1) is 21.7 Å². The number of fused-ring (bicyclic) bond motifs is 1. The van der Waals surface area contributed by atoms with Gasteiger partial charge in [0, 0.05) is 0 Å². The Morgan fingerprint density at radius 2 is 1.94 bits per heavy atom. The number of aromatic nitrogens is 2. The van der Waals surface area contributed by atoms with Gasteiger partial charge in [0.2, 0.25) is 0 Å². The molecule has 0 aliphatic rings. The summed E-state index contributed by atoms with van der Waals surface area (Å²) >= 11 is 11.7. The van der Waals surface area contributed by atoms with Crippen molar-refractivity contribution in [1.29, 1.82) is 0 Å². The lowest BCUT2D eigenvalue weighted by atomic mass is 10.2. The number of benzene rings is 2. The first-order valence-electron chi connectivity index (χ1n) is 5.63. The van der Waals surface area contributed by atoms with Crippen molar-refractivity contribution in [3.63, 3.8) is 0 Å². The minimum Gasteiger partial charge on any atom is -0.330 e. The number of nitrogens with zero attached hydrogens (tertiary/aromatic N) is 1. The fourth-order valence-corrected chi connectivity index (χ4v) is 2.60. The van der Waals surface area contributed by atoms with Gasteiger partial charge in [-0.05, 0) is 49.0 Å². The summed E-state index contributed by atoms with van der Waals surface area (Å²) in [5, 5.41) is 0.696. The van der Waals surface area contributed by atoms with E-state index in [4.69, 9.17) is 23.8 Å². The molecule has 2 nitrogen and oxygen atoms in total. The predicted octanol–water partition coefficient (Wildman–Crippen LogP) is 4.65. The molecule has 3 aromatic rings. The third kappa shape index (κ3) is 1.76. The van der Waals surface area contributed by atoms with Crippen molar-refractivity contribution in [2.75, 3.05) is 0 Å². The molecule has 0 atom stereocenters. The van der Waals surface area contributed by atoms with Gasteiger partial charge in [-0.1, -0.05) is 29.8 Å². The molecule has 0 fully saturated rings. The summed E-state index contributed by atoms with van der Waals surface area (Å²) in [6, 6.07) is 13.9. The van der Waals surface area contributed by atoms with Gasteiger partial charge in [0.15, 0.2) is 4.77 Å². The van der Waals surface area contributed by atoms with Crippen LogP contribution in [0.15, 0.2) is 42.5 Å². The summed E-state index contributed by atoms with van der Waals surface area (Å²) < 4.78 is 2.63. The van der Waals surface area contributed by atoms with Crippen LogP contribution >= 0.6 is 23.8 Å². The number of H-pyrrole nitrogens is 1. The summed E-state index contributed by atoms with van der Waals surface area (Å²) in [6.07, 6.45) is 0. The van der Waals surface area contributed by atoms with E-state index in [0.29, 0.717) is 9.79 Å². The van der Waals surface area contributed by atoms with Crippen molar-refractivity contribution in [2.24, 2.45) is 0 Å². The highest BCUT2D eigenvalue weighted by Gasteiger charge is 2.09. The fraction of sp³-hybridized carbons (Fsp3) is 0.0714. The summed E-state index contributed by atoms with van der Waals surface area (Å²) in [5.74, 6) is 0. The third-order valence-corrected chi connectivity index (χ3v) is 3.54. The third-order valence-electron chi connectivity index (χ3n) is 2.93. The van der Waals surface area contributed by atoms with Gasteiger partial charge in [-0.3, -0.25) is 4.57 Å². The van der Waals surface area contributed by atoms with E-state index in [0.717, 1.165) is 22.3 Å². The van der Waals surface area contributed by atoms with Gasteiger partial charge >= 0.3 is 0 Å². The SMILES string of the molecule is Cc1ccc(Cl)c(-n2c(=S)[nH]c3ccccc32)c1. The van der Waals surface area contributed by atoms with Crippen molar-refractivity contribution >= 4 is 34.9 Å². The van der Waals surface area contributed by atoms with Crippen molar-refractivity contribution < 1.29 is 0 Å². The molecule has 0 saturated heterocycles. The Morgan fingerprint density at radius 1 is 1.17 bits per heavy atom. The Balaban J connectivity index is 2.41. The maximum absolute atomic E-state index is 6.28. The number of aryl methyl sites for hydroxylation is 1. The zero-order valence-corrected chi connectivity index (χ0v) is 11.3. The summed E-state index contributed by atoms with van der Waals surface area (Å²) in [5.41, 5.74) is 4.12. The van der Waals surface area contributed by atoms with Gasteiger partial charge < -0.3 is 4.98 Å². The van der Waals surface area contributed by atoms with Crippen LogP contribution in [0.3, 0.4) is 0 Å². The van der Waals surface area contributed by atoms with Crippen LogP contribution in [0, 0.1) is 11.7 Å². The first kappa shape index (κ1) is 11.5. The highest BCUT2D eigenvalue weighted by atomic mass is 35.5. The molecule has 90 valence electrons. The number of hydrogen-bond acceptors (Lipinski definition) is 1. The van der Waals surface area contributed by atoms with E-state index in [1.54, 1.807) is 0 Å². The molecule has 2 aromatic carbocycles. The average molecular weight is 275 g/mol. The second-order valence-electron chi connectivity index (χ2n) is 4.24. The van der Waals surface area contributed by atoms with E-state index in [2.05, 4.69) is 4.98 Å². The molecule has 0 radical (unpaired) electrons. The highest BCUT2D eigenvalue weighted by molar-refractivity contribution is 7.71. The molecule has 0 bridgehead atoms. The molecule has 1 heterocycles. The van der Waals surface area contributed by atoms with Crippen molar-refractivity contribution in [3.05, 3.63) is 57.8 Å². The van der Waals surface area contributed by atoms with Crippen LogP contribution in [-0.2, 0) is 0 Å². The first-order valence-corrected chi connectivity index (χ1v) is 6.42. The molecule has 0 aliphatic heterocycles. The smallest absolute Gasteiger partial charge is 0.182 e. The standard InChI is InChI=1S/C14H11ClN2S/c1-9-6-7-10(15)13(8-9)17-12-5-3-2-4-11(12)16-14(17)18/h2-8H,1H3,(H,16,18). The van der Waals surface area contributed by atoms with E-state index in [9.17, 15) is 0 Å². The fourth-order valence-electron chi connectivity index (χ4n) is 2.09. The predicted molar refractivity (Wildman–Crippen MR) is 78.2 cm³/mol. The second-order valence-corrected chi connectivity index (χ2v) is 5.03. The monoisotopic (exact) mass is 274 g/mol. The molecule has 3 rings (SSSR count). The number of halogens is 1. The molecule has 0 aliphatic carbocycles. The van der Waals surface area contributed by atoms with Crippen LogP contribution in [0.4, 0.5) is 0 Å². The van der Waals surface area contributed by atoms with Crippen molar-refractivity contribution in [3.8, 4) is 5.69 Å². The van der Waals surface area contributed by atoms with Crippen LogP contribution in [0.5, 0.6) is 0 Å². The van der Waals surface area contributed by atoms with Gasteiger partial charge in [-0.2, -0.15) is 0 Å². The van der Waals surface area contributed by atoms with E-state index in [-0.39, 0.29) is 0 Å². The van der Waals surface area contributed by atoms with Crippen LogP contribution in [0.2, 0.25) is 5.02 Å². The summed E-state index contributed by atoms with van der Waals surface area (Å²) in [6.45, 7) is 2.04. The zero-order valence-electron chi connectivity index (χ0n) is 9.77. The maximum atomic E-state index is 6.28. The van der Waals surface area contributed by atoms with E-state index in [1.807, 2.05) is 54.0 Å². The molecular formula is C14H11ClN2S.